The number of hydrogen-bond donors (Lipinski definition) is 1. The van der Waals surface area contributed by atoms with Gasteiger partial charge in [0.15, 0.2) is 11.2 Å². The maximum atomic E-state index is 13.1. The van der Waals surface area contributed by atoms with Crippen LogP contribution in [0.2, 0.25) is 0 Å². The highest BCUT2D eigenvalue weighted by atomic mass is 19.1. The van der Waals surface area contributed by atoms with Gasteiger partial charge in [0.05, 0.1) is 6.54 Å². The van der Waals surface area contributed by atoms with Crippen molar-refractivity contribution in [2.24, 2.45) is 0 Å². The molecular formula is C20H17FN6O2. The average Bonchev–Trinajstić information content (AvgIpc) is 3.11. The molecule has 0 aliphatic carbocycles. The van der Waals surface area contributed by atoms with Gasteiger partial charge in [-0.05, 0) is 36.8 Å². The van der Waals surface area contributed by atoms with Crippen LogP contribution in [0.5, 0.6) is 0 Å². The summed E-state index contributed by atoms with van der Waals surface area (Å²) in [6, 6.07) is 13.3. The van der Waals surface area contributed by atoms with Crippen LogP contribution < -0.4 is 10.9 Å². The third-order valence-corrected chi connectivity index (χ3v) is 4.39. The molecule has 8 nitrogen and oxygen atoms in total. The molecule has 0 aliphatic heterocycles. The molecule has 0 saturated carbocycles. The molecule has 4 rings (SSSR count). The minimum Gasteiger partial charge on any atom is -0.325 e. The minimum absolute atomic E-state index is 0.0674. The number of aromatic nitrogens is 5. The fraction of sp³-hybridized carbons (Fsp3) is 0.150. The lowest BCUT2D eigenvalue weighted by atomic mass is 10.2. The molecule has 0 radical (unpaired) electrons. The molecule has 0 unspecified atom stereocenters. The second kappa shape index (κ2) is 7.63. The van der Waals surface area contributed by atoms with Crippen molar-refractivity contribution in [2.75, 3.05) is 5.32 Å². The van der Waals surface area contributed by atoms with Crippen LogP contribution >= 0.6 is 0 Å². The second-order valence-corrected chi connectivity index (χ2v) is 6.64. The second-order valence-electron chi connectivity index (χ2n) is 6.64. The Balaban J connectivity index is 1.53. The lowest BCUT2D eigenvalue weighted by Crippen LogP contribution is -2.28. The van der Waals surface area contributed by atoms with E-state index in [2.05, 4.69) is 20.6 Å². The van der Waals surface area contributed by atoms with Gasteiger partial charge in [0.25, 0.3) is 5.56 Å². The number of carbonyl (C=O) groups is 1. The number of aryl methyl sites for hydroxylation is 1. The van der Waals surface area contributed by atoms with Crippen molar-refractivity contribution in [2.45, 2.75) is 20.0 Å². The van der Waals surface area contributed by atoms with Crippen molar-refractivity contribution in [1.82, 2.24) is 24.5 Å². The van der Waals surface area contributed by atoms with Crippen molar-refractivity contribution in [3.05, 3.63) is 82.2 Å². The van der Waals surface area contributed by atoms with Crippen LogP contribution in [0.4, 0.5) is 10.1 Å². The lowest BCUT2D eigenvalue weighted by molar-refractivity contribution is -0.116. The van der Waals surface area contributed by atoms with Crippen LogP contribution in [0.1, 0.15) is 11.1 Å². The molecule has 2 aromatic heterocycles. The number of rotatable bonds is 5. The number of carbonyl (C=O) groups excluding carboxylic acids is 1. The lowest BCUT2D eigenvalue weighted by Gasteiger charge is -2.07. The Morgan fingerprint density at radius 3 is 2.55 bits per heavy atom. The summed E-state index contributed by atoms with van der Waals surface area (Å²) in [5, 5.41) is 10.6. The summed E-state index contributed by atoms with van der Waals surface area (Å²) in [4.78, 5) is 29.1. The first kappa shape index (κ1) is 18.5. The van der Waals surface area contributed by atoms with Gasteiger partial charge in [0.2, 0.25) is 5.91 Å². The van der Waals surface area contributed by atoms with Crippen molar-refractivity contribution in [3.8, 4) is 0 Å². The van der Waals surface area contributed by atoms with Gasteiger partial charge < -0.3 is 5.32 Å². The van der Waals surface area contributed by atoms with Crippen LogP contribution in [-0.2, 0) is 17.9 Å². The zero-order valence-electron chi connectivity index (χ0n) is 15.5. The number of amides is 1. The standard InChI is InChI=1S/C20H17FN6O2/c1-13-2-8-16(9-3-13)23-17(28)11-26-12-22-19-18(20(26)29)24-25-27(19)10-14-4-6-15(21)7-5-14/h2-9,12H,10-11H2,1H3,(H,23,28). The minimum atomic E-state index is -0.459. The van der Waals surface area contributed by atoms with Crippen molar-refractivity contribution in [1.29, 1.82) is 0 Å². The predicted octanol–water partition coefficient (Wildman–Crippen LogP) is 2.12. The predicted molar refractivity (Wildman–Crippen MR) is 105 cm³/mol. The summed E-state index contributed by atoms with van der Waals surface area (Å²) in [5.41, 5.74) is 2.43. The van der Waals surface area contributed by atoms with Crippen molar-refractivity contribution < 1.29 is 9.18 Å². The molecule has 0 atom stereocenters. The number of halogens is 1. The van der Waals surface area contributed by atoms with Gasteiger partial charge in [-0.15, -0.1) is 5.10 Å². The topological polar surface area (TPSA) is 94.7 Å². The normalized spacial score (nSPS) is 11.0. The molecule has 2 heterocycles. The zero-order valence-corrected chi connectivity index (χ0v) is 15.5. The molecule has 4 aromatic rings. The molecule has 1 N–H and O–H groups in total. The molecule has 0 spiro atoms. The van der Waals surface area contributed by atoms with E-state index in [1.54, 1.807) is 24.3 Å². The summed E-state index contributed by atoms with van der Waals surface area (Å²) >= 11 is 0. The van der Waals surface area contributed by atoms with E-state index in [0.29, 0.717) is 17.9 Å². The Morgan fingerprint density at radius 1 is 1.10 bits per heavy atom. The molecule has 0 bridgehead atoms. The summed E-state index contributed by atoms with van der Waals surface area (Å²) in [5.74, 6) is -0.682. The highest BCUT2D eigenvalue weighted by Gasteiger charge is 2.14. The third-order valence-electron chi connectivity index (χ3n) is 4.39. The van der Waals surface area contributed by atoms with Crippen LogP contribution in [0, 0.1) is 12.7 Å². The van der Waals surface area contributed by atoms with Gasteiger partial charge >= 0.3 is 0 Å². The molecule has 9 heteroatoms. The molecule has 1 amide bonds. The van der Waals surface area contributed by atoms with E-state index >= 15 is 0 Å². The summed E-state index contributed by atoms with van der Waals surface area (Å²) < 4.78 is 15.7. The van der Waals surface area contributed by atoms with E-state index in [9.17, 15) is 14.0 Å². The molecule has 2 aromatic carbocycles. The highest BCUT2D eigenvalue weighted by molar-refractivity contribution is 5.90. The maximum Gasteiger partial charge on any atom is 0.283 e. The molecule has 0 fully saturated rings. The van der Waals surface area contributed by atoms with E-state index in [1.165, 1.54) is 27.7 Å². The quantitative estimate of drug-likeness (QED) is 0.561. The molecule has 29 heavy (non-hydrogen) atoms. The van der Waals surface area contributed by atoms with E-state index in [0.717, 1.165) is 11.1 Å². The van der Waals surface area contributed by atoms with E-state index in [-0.39, 0.29) is 23.8 Å². The number of anilines is 1. The van der Waals surface area contributed by atoms with E-state index in [4.69, 9.17) is 0 Å². The van der Waals surface area contributed by atoms with Gasteiger partial charge in [-0.3, -0.25) is 14.2 Å². The van der Waals surface area contributed by atoms with Gasteiger partial charge in [-0.2, -0.15) is 0 Å². The van der Waals surface area contributed by atoms with E-state index < -0.39 is 5.56 Å². The first-order valence-electron chi connectivity index (χ1n) is 8.89. The number of nitrogens with zero attached hydrogens (tertiary/aromatic N) is 5. The number of benzene rings is 2. The average molecular weight is 392 g/mol. The van der Waals surface area contributed by atoms with E-state index in [1.807, 2.05) is 19.1 Å². The maximum absolute atomic E-state index is 13.1. The van der Waals surface area contributed by atoms with Gasteiger partial charge in [0, 0.05) is 5.69 Å². The number of fused-ring (bicyclic) bond motifs is 1. The highest BCUT2D eigenvalue weighted by Crippen LogP contribution is 2.10. The Kier molecular flexibility index (Phi) is 4.86. The molecular weight excluding hydrogens is 375 g/mol. The summed E-state index contributed by atoms with van der Waals surface area (Å²) in [6.07, 6.45) is 1.30. The van der Waals surface area contributed by atoms with Crippen molar-refractivity contribution in [3.63, 3.8) is 0 Å². The van der Waals surface area contributed by atoms with Crippen LogP contribution in [0.15, 0.2) is 59.7 Å². The van der Waals surface area contributed by atoms with Crippen LogP contribution in [0.25, 0.3) is 11.2 Å². The summed E-state index contributed by atoms with van der Waals surface area (Å²) in [7, 11) is 0. The Labute approximate surface area is 164 Å². The first-order chi connectivity index (χ1) is 14.0. The van der Waals surface area contributed by atoms with Crippen LogP contribution in [-0.4, -0.2) is 30.5 Å². The number of nitrogens with one attached hydrogen (secondary N) is 1. The largest absolute Gasteiger partial charge is 0.325 e. The summed E-state index contributed by atoms with van der Waals surface area (Å²) in [6.45, 7) is 2.05. The van der Waals surface area contributed by atoms with Crippen LogP contribution in [0.3, 0.4) is 0 Å². The Bertz CT molecular complexity index is 1230. The fourth-order valence-electron chi connectivity index (χ4n) is 2.86. The van der Waals surface area contributed by atoms with Gasteiger partial charge in [0.1, 0.15) is 18.7 Å². The fourth-order valence-corrected chi connectivity index (χ4v) is 2.86. The smallest absolute Gasteiger partial charge is 0.283 e. The monoisotopic (exact) mass is 392 g/mol. The van der Waals surface area contributed by atoms with Crippen molar-refractivity contribution >= 4 is 22.8 Å². The zero-order chi connectivity index (χ0) is 20.4. The molecule has 0 saturated heterocycles. The Hall–Kier alpha value is -3.88. The van der Waals surface area contributed by atoms with Gasteiger partial charge in [-0.25, -0.2) is 14.1 Å². The van der Waals surface area contributed by atoms with Gasteiger partial charge in [-0.1, -0.05) is 35.0 Å². The Morgan fingerprint density at radius 2 is 1.83 bits per heavy atom. The third kappa shape index (κ3) is 4.03. The SMILES string of the molecule is Cc1ccc(NC(=O)Cn2cnc3c(nnn3Cc3ccc(F)cc3)c2=O)cc1. The molecule has 0 aliphatic rings. The first-order valence-corrected chi connectivity index (χ1v) is 8.89. The molecule has 146 valence electrons. The number of hydrogen-bond acceptors (Lipinski definition) is 5.